The fourth-order valence-electron chi connectivity index (χ4n) is 1.19. The molecule has 0 fully saturated rings. The van der Waals surface area contributed by atoms with Gasteiger partial charge in [-0.2, -0.15) is 0 Å². The third kappa shape index (κ3) is 2.98. The topological polar surface area (TPSA) is 26.3 Å². The lowest BCUT2D eigenvalue weighted by molar-refractivity contribution is -0.274. The Labute approximate surface area is 98.5 Å². The third-order valence-corrected chi connectivity index (χ3v) is 2.80. The van der Waals surface area contributed by atoms with Gasteiger partial charge < -0.3 is 4.74 Å². The Kier molecular flexibility index (Phi) is 3.62. The number of hydrogen-bond acceptors (Lipinski definition) is 2. The highest BCUT2D eigenvalue weighted by molar-refractivity contribution is 9.10. The van der Waals surface area contributed by atoms with Gasteiger partial charge >= 0.3 is 6.36 Å². The normalized spacial score (nSPS) is 11.4. The lowest BCUT2D eigenvalue weighted by atomic mass is 10.1. The number of carbonyl (C=O) groups is 1. The largest absolute Gasteiger partial charge is 0.573 e. The van der Waals surface area contributed by atoms with Gasteiger partial charge in [0.05, 0.1) is 5.56 Å². The van der Waals surface area contributed by atoms with E-state index in [-0.39, 0.29) is 11.1 Å². The molecule has 0 heterocycles. The Balaban J connectivity index is 3.32. The molecule has 0 aromatic heterocycles. The zero-order chi connectivity index (χ0) is 12.5. The maximum atomic E-state index is 12.1. The van der Waals surface area contributed by atoms with Gasteiger partial charge in [0.2, 0.25) is 0 Å². The second-order valence-corrected chi connectivity index (χ2v) is 4.01. The quantitative estimate of drug-likeness (QED) is 0.775. The summed E-state index contributed by atoms with van der Waals surface area (Å²) in [5.41, 5.74) is 0.156. The Morgan fingerprint density at radius 1 is 1.38 bits per heavy atom. The molecule has 0 radical (unpaired) electrons. The first-order valence-corrected chi connectivity index (χ1v) is 5.07. The molecule has 0 bridgehead atoms. The van der Waals surface area contributed by atoms with E-state index in [1.807, 2.05) is 0 Å². The van der Waals surface area contributed by atoms with E-state index in [1.54, 1.807) is 0 Å². The summed E-state index contributed by atoms with van der Waals surface area (Å²) in [6.45, 7) is 2.63. The summed E-state index contributed by atoms with van der Waals surface area (Å²) < 4.78 is 40.8. The number of ether oxygens (including phenoxy) is 1. The van der Waals surface area contributed by atoms with Crippen LogP contribution in [0.15, 0.2) is 16.6 Å². The van der Waals surface area contributed by atoms with Gasteiger partial charge in [-0.1, -0.05) is 15.9 Å². The van der Waals surface area contributed by atoms with Crippen molar-refractivity contribution in [1.82, 2.24) is 0 Å². The first-order chi connectivity index (χ1) is 7.22. The van der Waals surface area contributed by atoms with Crippen molar-refractivity contribution in [2.45, 2.75) is 20.2 Å². The van der Waals surface area contributed by atoms with Gasteiger partial charge in [0.15, 0.2) is 5.78 Å². The second-order valence-electron chi connectivity index (χ2n) is 3.15. The summed E-state index contributed by atoms with van der Waals surface area (Å²) in [6, 6.07) is 2.80. The molecule has 0 amide bonds. The van der Waals surface area contributed by atoms with E-state index in [1.165, 1.54) is 26.0 Å². The second kappa shape index (κ2) is 4.45. The third-order valence-electron chi connectivity index (χ3n) is 1.94. The molecule has 0 spiro atoms. The van der Waals surface area contributed by atoms with Crippen LogP contribution in [0.5, 0.6) is 5.75 Å². The summed E-state index contributed by atoms with van der Waals surface area (Å²) in [5.74, 6) is -0.927. The van der Waals surface area contributed by atoms with Crippen LogP contribution in [0.2, 0.25) is 0 Å². The van der Waals surface area contributed by atoms with E-state index in [0.29, 0.717) is 4.47 Å². The molecule has 0 saturated heterocycles. The van der Waals surface area contributed by atoms with Crippen LogP contribution in [0.3, 0.4) is 0 Å². The maximum absolute atomic E-state index is 12.1. The van der Waals surface area contributed by atoms with Gasteiger partial charge in [-0.3, -0.25) is 4.79 Å². The van der Waals surface area contributed by atoms with Crippen molar-refractivity contribution in [3.63, 3.8) is 0 Å². The van der Waals surface area contributed by atoms with Crippen molar-refractivity contribution in [3.8, 4) is 5.75 Å². The molecule has 0 atom stereocenters. The van der Waals surface area contributed by atoms with Gasteiger partial charge in [0.25, 0.3) is 0 Å². The molecular weight excluding hydrogens is 289 g/mol. The Bertz CT molecular complexity index is 427. The SMILES string of the molecule is CC(=O)c1ccc(Br)c(C)c1OC(F)(F)F. The van der Waals surface area contributed by atoms with Crippen molar-refractivity contribution >= 4 is 21.7 Å². The number of carbonyl (C=O) groups excluding carboxylic acids is 1. The highest BCUT2D eigenvalue weighted by Crippen LogP contribution is 2.34. The highest BCUT2D eigenvalue weighted by atomic mass is 79.9. The van der Waals surface area contributed by atoms with Crippen LogP contribution >= 0.6 is 15.9 Å². The average Bonchev–Trinajstić information content (AvgIpc) is 2.10. The monoisotopic (exact) mass is 296 g/mol. The van der Waals surface area contributed by atoms with Crippen molar-refractivity contribution in [3.05, 3.63) is 27.7 Å². The molecule has 1 aromatic rings. The Hall–Kier alpha value is -1.04. The summed E-state index contributed by atoms with van der Waals surface area (Å²) >= 11 is 3.08. The summed E-state index contributed by atoms with van der Waals surface area (Å²) in [4.78, 5) is 11.2. The molecule has 0 saturated carbocycles. The number of ketones is 1. The van der Waals surface area contributed by atoms with Gasteiger partial charge in [-0.05, 0) is 26.0 Å². The molecule has 0 unspecified atom stereocenters. The fraction of sp³-hybridized carbons (Fsp3) is 0.300. The molecule has 0 aliphatic carbocycles. The minimum absolute atomic E-state index is 0.0852. The predicted octanol–water partition coefficient (Wildman–Crippen LogP) is 3.86. The molecule has 88 valence electrons. The van der Waals surface area contributed by atoms with Gasteiger partial charge in [-0.15, -0.1) is 13.2 Å². The van der Waals surface area contributed by atoms with Gasteiger partial charge in [0.1, 0.15) is 5.75 Å². The molecule has 0 aliphatic rings. The summed E-state index contributed by atoms with van der Waals surface area (Å²) in [7, 11) is 0. The minimum Gasteiger partial charge on any atom is -0.405 e. The van der Waals surface area contributed by atoms with E-state index in [2.05, 4.69) is 20.7 Å². The standard InChI is InChI=1S/C10H8BrF3O2/c1-5-8(11)4-3-7(6(2)15)9(5)16-10(12,13)14/h3-4H,1-2H3. The number of halogens is 4. The van der Waals surface area contributed by atoms with Crippen molar-refractivity contribution < 1.29 is 22.7 Å². The number of Topliss-reactive ketones (excluding diaryl/α,β-unsaturated/α-hetero) is 1. The smallest absolute Gasteiger partial charge is 0.405 e. The Morgan fingerprint density at radius 3 is 2.38 bits per heavy atom. The Morgan fingerprint density at radius 2 is 1.94 bits per heavy atom. The van der Waals surface area contributed by atoms with Crippen molar-refractivity contribution in [2.24, 2.45) is 0 Å². The molecule has 2 nitrogen and oxygen atoms in total. The van der Waals surface area contributed by atoms with Crippen molar-refractivity contribution in [1.29, 1.82) is 0 Å². The average molecular weight is 297 g/mol. The van der Waals surface area contributed by atoms with E-state index < -0.39 is 17.9 Å². The molecule has 6 heteroatoms. The van der Waals surface area contributed by atoms with Crippen LogP contribution < -0.4 is 4.74 Å². The summed E-state index contributed by atoms with van der Waals surface area (Å²) in [5, 5.41) is 0. The van der Waals surface area contributed by atoms with Gasteiger partial charge in [0, 0.05) is 10.0 Å². The minimum atomic E-state index is -4.81. The van der Waals surface area contributed by atoms with Crippen LogP contribution in [-0.4, -0.2) is 12.1 Å². The molecule has 1 rings (SSSR count). The molecule has 0 aliphatic heterocycles. The first-order valence-electron chi connectivity index (χ1n) is 4.28. The number of hydrogen-bond donors (Lipinski definition) is 0. The number of alkyl halides is 3. The highest BCUT2D eigenvalue weighted by Gasteiger charge is 2.33. The molecule has 16 heavy (non-hydrogen) atoms. The van der Waals surface area contributed by atoms with Crippen LogP contribution in [0, 0.1) is 6.92 Å². The summed E-state index contributed by atoms with van der Waals surface area (Å²) in [6.07, 6.45) is -4.81. The van der Waals surface area contributed by atoms with E-state index in [0.717, 1.165) is 0 Å². The van der Waals surface area contributed by atoms with E-state index in [4.69, 9.17) is 0 Å². The number of rotatable bonds is 2. The number of benzene rings is 1. The van der Waals surface area contributed by atoms with Crippen LogP contribution in [0.4, 0.5) is 13.2 Å². The fourth-order valence-corrected chi connectivity index (χ4v) is 1.50. The van der Waals surface area contributed by atoms with E-state index >= 15 is 0 Å². The van der Waals surface area contributed by atoms with Crippen LogP contribution in [0.1, 0.15) is 22.8 Å². The first kappa shape index (κ1) is 13.0. The maximum Gasteiger partial charge on any atom is 0.573 e. The van der Waals surface area contributed by atoms with E-state index in [9.17, 15) is 18.0 Å². The molecule has 1 aromatic carbocycles. The van der Waals surface area contributed by atoms with Crippen LogP contribution in [-0.2, 0) is 0 Å². The predicted molar refractivity (Wildman–Crippen MR) is 55.6 cm³/mol. The molecule has 0 N–H and O–H groups in total. The lowest BCUT2D eigenvalue weighted by Crippen LogP contribution is -2.19. The van der Waals surface area contributed by atoms with Crippen LogP contribution in [0.25, 0.3) is 0 Å². The zero-order valence-corrected chi connectivity index (χ0v) is 10.1. The van der Waals surface area contributed by atoms with Crippen molar-refractivity contribution in [2.75, 3.05) is 0 Å². The zero-order valence-electron chi connectivity index (χ0n) is 8.48. The van der Waals surface area contributed by atoms with Gasteiger partial charge in [-0.25, -0.2) is 0 Å². The lowest BCUT2D eigenvalue weighted by Gasteiger charge is -2.15. The molecular formula is C10H8BrF3O2.